The molecule has 3 nitrogen and oxygen atoms in total. The quantitative estimate of drug-likeness (QED) is 0.703. The predicted octanol–water partition coefficient (Wildman–Crippen LogP) is 2.80. The highest BCUT2D eigenvalue weighted by Crippen LogP contribution is 2.19. The second kappa shape index (κ2) is 6.89. The van der Waals surface area contributed by atoms with Crippen LogP contribution in [0, 0.1) is 5.92 Å². The predicted molar refractivity (Wildman–Crippen MR) is 65.5 cm³/mol. The molecule has 16 heavy (non-hydrogen) atoms. The zero-order valence-corrected chi connectivity index (χ0v) is 10.5. The van der Waals surface area contributed by atoms with E-state index in [0.717, 1.165) is 19.3 Å². The van der Waals surface area contributed by atoms with Crippen molar-refractivity contribution >= 4 is 5.97 Å². The van der Waals surface area contributed by atoms with Gasteiger partial charge in [-0.25, -0.2) is 0 Å². The van der Waals surface area contributed by atoms with Crippen molar-refractivity contribution in [2.24, 2.45) is 5.92 Å². The van der Waals surface area contributed by atoms with Crippen LogP contribution in [0.25, 0.3) is 0 Å². The summed E-state index contributed by atoms with van der Waals surface area (Å²) in [6.45, 7) is 4.00. The molecule has 2 atom stereocenters. The number of carbonyl (C=O) groups is 1. The van der Waals surface area contributed by atoms with Gasteiger partial charge in [-0.1, -0.05) is 26.2 Å². The van der Waals surface area contributed by atoms with Gasteiger partial charge in [0.25, 0.3) is 0 Å². The highest BCUT2D eigenvalue weighted by atomic mass is 16.4. The molecular weight excluding hydrogens is 202 g/mol. The van der Waals surface area contributed by atoms with Crippen molar-refractivity contribution in [3.05, 3.63) is 0 Å². The summed E-state index contributed by atoms with van der Waals surface area (Å²) in [5, 5.41) is 12.4. The molecule has 0 aromatic heterocycles. The maximum absolute atomic E-state index is 10.6. The first-order valence-corrected chi connectivity index (χ1v) is 6.58. The fourth-order valence-corrected chi connectivity index (χ4v) is 2.43. The van der Waals surface area contributed by atoms with E-state index in [1.54, 1.807) is 6.92 Å². The van der Waals surface area contributed by atoms with E-state index >= 15 is 0 Å². The highest BCUT2D eigenvalue weighted by molar-refractivity contribution is 5.69. The van der Waals surface area contributed by atoms with Crippen LogP contribution < -0.4 is 5.32 Å². The van der Waals surface area contributed by atoms with E-state index in [1.807, 2.05) is 0 Å². The molecule has 2 unspecified atom stereocenters. The molecule has 0 radical (unpaired) electrons. The monoisotopic (exact) mass is 227 g/mol. The van der Waals surface area contributed by atoms with Gasteiger partial charge in [0.2, 0.25) is 0 Å². The lowest BCUT2D eigenvalue weighted by atomic mass is 10.0. The molecule has 0 saturated heterocycles. The molecule has 0 spiro atoms. The largest absolute Gasteiger partial charge is 0.481 e. The van der Waals surface area contributed by atoms with Crippen LogP contribution in [0.2, 0.25) is 0 Å². The molecule has 1 aliphatic carbocycles. The summed E-state index contributed by atoms with van der Waals surface area (Å²) >= 11 is 0. The van der Waals surface area contributed by atoms with Crippen LogP contribution in [0.15, 0.2) is 0 Å². The zero-order chi connectivity index (χ0) is 12.0. The van der Waals surface area contributed by atoms with E-state index in [4.69, 9.17) is 5.11 Å². The van der Waals surface area contributed by atoms with Gasteiger partial charge in [-0.2, -0.15) is 0 Å². The molecule has 1 rings (SSSR count). The third-order valence-electron chi connectivity index (χ3n) is 3.57. The van der Waals surface area contributed by atoms with E-state index in [1.165, 1.54) is 25.7 Å². The van der Waals surface area contributed by atoms with Crippen molar-refractivity contribution in [1.29, 1.82) is 0 Å². The number of hydrogen-bond donors (Lipinski definition) is 2. The maximum Gasteiger partial charge on any atom is 0.306 e. The SMILES string of the molecule is CC(CCCC(C)C(=O)O)NC1CCCC1. The summed E-state index contributed by atoms with van der Waals surface area (Å²) in [5.74, 6) is -0.866. The number of carboxylic acids is 1. The molecule has 0 aromatic rings. The molecule has 0 bridgehead atoms. The van der Waals surface area contributed by atoms with Gasteiger partial charge in [0.05, 0.1) is 5.92 Å². The lowest BCUT2D eigenvalue weighted by molar-refractivity contribution is -0.141. The van der Waals surface area contributed by atoms with Crippen LogP contribution in [0.5, 0.6) is 0 Å². The first kappa shape index (κ1) is 13.5. The van der Waals surface area contributed by atoms with E-state index < -0.39 is 5.97 Å². The van der Waals surface area contributed by atoms with Gasteiger partial charge in [0, 0.05) is 12.1 Å². The molecule has 2 N–H and O–H groups in total. The van der Waals surface area contributed by atoms with E-state index in [-0.39, 0.29) is 5.92 Å². The number of carboxylic acid groups (broad SMARTS) is 1. The van der Waals surface area contributed by atoms with Crippen LogP contribution in [0.1, 0.15) is 58.8 Å². The average Bonchev–Trinajstić information content (AvgIpc) is 2.70. The van der Waals surface area contributed by atoms with E-state index in [0.29, 0.717) is 12.1 Å². The Hall–Kier alpha value is -0.570. The van der Waals surface area contributed by atoms with Crippen molar-refractivity contribution in [3.8, 4) is 0 Å². The fraction of sp³-hybridized carbons (Fsp3) is 0.923. The Morgan fingerprint density at radius 3 is 2.50 bits per heavy atom. The minimum atomic E-state index is -0.670. The summed E-state index contributed by atoms with van der Waals surface area (Å²) in [7, 11) is 0. The van der Waals surface area contributed by atoms with Gasteiger partial charge in [0.15, 0.2) is 0 Å². The summed E-state index contributed by atoms with van der Waals surface area (Å²) in [4.78, 5) is 10.6. The summed E-state index contributed by atoms with van der Waals surface area (Å²) in [5.41, 5.74) is 0. The van der Waals surface area contributed by atoms with Crippen LogP contribution >= 0.6 is 0 Å². The summed E-state index contributed by atoms with van der Waals surface area (Å²) in [6, 6.07) is 1.25. The average molecular weight is 227 g/mol. The number of rotatable bonds is 7. The Labute approximate surface area is 98.6 Å². The Balaban J connectivity index is 2.05. The van der Waals surface area contributed by atoms with Gasteiger partial charge >= 0.3 is 5.97 Å². The fourth-order valence-electron chi connectivity index (χ4n) is 2.43. The number of aliphatic carboxylic acids is 1. The van der Waals surface area contributed by atoms with E-state index in [2.05, 4.69) is 12.2 Å². The highest BCUT2D eigenvalue weighted by Gasteiger charge is 2.17. The lowest BCUT2D eigenvalue weighted by Crippen LogP contribution is -2.34. The molecule has 1 saturated carbocycles. The molecule has 1 aliphatic rings. The van der Waals surface area contributed by atoms with Gasteiger partial charge in [-0.3, -0.25) is 4.79 Å². The molecule has 0 aromatic carbocycles. The first-order valence-electron chi connectivity index (χ1n) is 6.58. The Morgan fingerprint density at radius 2 is 1.94 bits per heavy atom. The maximum atomic E-state index is 10.6. The number of hydrogen-bond acceptors (Lipinski definition) is 2. The van der Waals surface area contributed by atoms with Gasteiger partial charge < -0.3 is 10.4 Å². The van der Waals surface area contributed by atoms with Gasteiger partial charge in [0.1, 0.15) is 0 Å². The van der Waals surface area contributed by atoms with Crippen LogP contribution in [0.4, 0.5) is 0 Å². The molecule has 0 heterocycles. The van der Waals surface area contributed by atoms with Crippen molar-refractivity contribution in [1.82, 2.24) is 5.32 Å². The van der Waals surface area contributed by atoms with Crippen LogP contribution in [-0.4, -0.2) is 23.2 Å². The van der Waals surface area contributed by atoms with Crippen molar-refractivity contribution < 1.29 is 9.90 Å². The van der Waals surface area contributed by atoms with Crippen molar-refractivity contribution in [2.45, 2.75) is 70.9 Å². The third-order valence-corrected chi connectivity index (χ3v) is 3.57. The zero-order valence-electron chi connectivity index (χ0n) is 10.5. The lowest BCUT2D eigenvalue weighted by Gasteiger charge is -2.19. The Kier molecular flexibility index (Phi) is 5.81. The van der Waals surface area contributed by atoms with Crippen LogP contribution in [0.3, 0.4) is 0 Å². The van der Waals surface area contributed by atoms with E-state index in [9.17, 15) is 4.79 Å². The normalized spacial score (nSPS) is 20.9. The Morgan fingerprint density at radius 1 is 1.31 bits per heavy atom. The molecule has 0 amide bonds. The van der Waals surface area contributed by atoms with Gasteiger partial charge in [-0.15, -0.1) is 0 Å². The molecular formula is C13H25NO2. The second-order valence-electron chi connectivity index (χ2n) is 5.22. The Bertz CT molecular complexity index is 212. The molecule has 3 heteroatoms. The smallest absolute Gasteiger partial charge is 0.306 e. The second-order valence-corrected chi connectivity index (χ2v) is 5.22. The minimum Gasteiger partial charge on any atom is -0.481 e. The summed E-state index contributed by atoms with van der Waals surface area (Å²) in [6.07, 6.45) is 8.25. The topological polar surface area (TPSA) is 49.3 Å². The number of nitrogens with one attached hydrogen (secondary N) is 1. The standard InChI is InChI=1S/C13H25NO2/c1-10(13(15)16)6-5-7-11(2)14-12-8-3-4-9-12/h10-12,14H,3-9H2,1-2H3,(H,15,16). The van der Waals surface area contributed by atoms with Crippen LogP contribution in [-0.2, 0) is 4.79 Å². The molecule has 94 valence electrons. The molecule has 1 fully saturated rings. The van der Waals surface area contributed by atoms with Crippen molar-refractivity contribution in [2.75, 3.05) is 0 Å². The third kappa shape index (κ3) is 4.97. The van der Waals surface area contributed by atoms with Crippen molar-refractivity contribution in [3.63, 3.8) is 0 Å². The van der Waals surface area contributed by atoms with Gasteiger partial charge in [-0.05, 0) is 32.6 Å². The minimum absolute atomic E-state index is 0.196. The first-order chi connectivity index (χ1) is 7.59. The molecule has 0 aliphatic heterocycles. The summed E-state index contributed by atoms with van der Waals surface area (Å²) < 4.78 is 0.